The number of aromatic nitrogens is 1. The number of aromatic amines is 1. The summed E-state index contributed by atoms with van der Waals surface area (Å²) in [5, 5.41) is 2.79. The lowest BCUT2D eigenvalue weighted by Gasteiger charge is -2.11. The lowest BCUT2D eigenvalue weighted by molar-refractivity contribution is 0.0938. The first-order valence-corrected chi connectivity index (χ1v) is 6.02. The fraction of sp³-hybridized carbons (Fsp3) is 0.400. The highest BCUT2D eigenvalue weighted by Crippen LogP contribution is 1.98. The largest absolute Gasteiger partial charge is 0.347 e. The Morgan fingerprint density at radius 2 is 2.33 bits per heavy atom. The minimum Gasteiger partial charge on any atom is -0.347 e. The summed E-state index contributed by atoms with van der Waals surface area (Å²) in [7, 11) is 0. The van der Waals surface area contributed by atoms with Gasteiger partial charge in [0.25, 0.3) is 5.91 Å². The first kappa shape index (κ1) is 11.8. The third-order valence-corrected chi connectivity index (χ3v) is 2.64. The van der Waals surface area contributed by atoms with Gasteiger partial charge in [-0.2, -0.15) is 11.8 Å². The summed E-state index contributed by atoms with van der Waals surface area (Å²) in [6.45, 7) is 1.93. The van der Waals surface area contributed by atoms with Crippen molar-refractivity contribution in [1.29, 1.82) is 0 Å². The average molecular weight is 226 g/mol. The van der Waals surface area contributed by atoms with E-state index in [1.54, 1.807) is 23.9 Å². The van der Waals surface area contributed by atoms with Gasteiger partial charge in [-0.25, -0.2) is 0 Å². The molecule has 82 valence electrons. The molecule has 5 heteroatoms. The van der Waals surface area contributed by atoms with Crippen molar-refractivity contribution in [3.63, 3.8) is 0 Å². The molecule has 0 aliphatic heterocycles. The molecule has 0 aromatic carbocycles. The van der Waals surface area contributed by atoms with E-state index >= 15 is 0 Å². The summed E-state index contributed by atoms with van der Waals surface area (Å²) in [6.07, 6.45) is 1.98. The predicted octanol–water partition coefficient (Wildman–Crippen LogP) is 0.856. The number of thioether (sulfide) groups is 1. The second-order valence-electron chi connectivity index (χ2n) is 3.26. The third-order valence-electron chi connectivity index (χ3n) is 1.81. The Morgan fingerprint density at radius 1 is 1.60 bits per heavy atom. The number of rotatable bonds is 4. The van der Waals surface area contributed by atoms with Crippen LogP contribution in [-0.4, -0.2) is 28.9 Å². The smallest absolute Gasteiger partial charge is 0.268 e. The number of hydrogen-bond donors (Lipinski definition) is 2. The number of H-pyrrole nitrogens is 1. The molecule has 0 bridgehead atoms. The van der Waals surface area contributed by atoms with E-state index in [4.69, 9.17) is 0 Å². The number of carbonyl (C=O) groups excluding carboxylic acids is 1. The van der Waals surface area contributed by atoms with E-state index in [1.165, 1.54) is 6.07 Å². The summed E-state index contributed by atoms with van der Waals surface area (Å²) < 4.78 is 0. The SMILES string of the molecule is CSCC(C)NC(=O)c1cccc(=O)[nH]1. The normalized spacial score (nSPS) is 12.1. The molecule has 1 aromatic heterocycles. The van der Waals surface area contributed by atoms with Gasteiger partial charge in [0.15, 0.2) is 0 Å². The van der Waals surface area contributed by atoms with Gasteiger partial charge in [0, 0.05) is 17.9 Å². The van der Waals surface area contributed by atoms with Crippen LogP contribution in [0.5, 0.6) is 0 Å². The van der Waals surface area contributed by atoms with E-state index in [9.17, 15) is 9.59 Å². The van der Waals surface area contributed by atoms with Gasteiger partial charge < -0.3 is 10.3 Å². The molecule has 0 aliphatic carbocycles. The molecule has 15 heavy (non-hydrogen) atoms. The van der Waals surface area contributed by atoms with Crippen molar-refractivity contribution in [1.82, 2.24) is 10.3 Å². The van der Waals surface area contributed by atoms with Crippen molar-refractivity contribution < 1.29 is 4.79 Å². The van der Waals surface area contributed by atoms with Crippen LogP contribution in [0.15, 0.2) is 23.0 Å². The van der Waals surface area contributed by atoms with E-state index in [-0.39, 0.29) is 17.5 Å². The number of amides is 1. The molecular weight excluding hydrogens is 212 g/mol. The maximum absolute atomic E-state index is 11.6. The van der Waals surface area contributed by atoms with E-state index in [0.29, 0.717) is 5.69 Å². The predicted molar refractivity (Wildman–Crippen MR) is 62.4 cm³/mol. The Balaban J connectivity index is 2.65. The highest BCUT2D eigenvalue weighted by molar-refractivity contribution is 7.98. The van der Waals surface area contributed by atoms with Gasteiger partial charge in [-0.15, -0.1) is 0 Å². The molecule has 0 saturated carbocycles. The Labute approximate surface area is 92.5 Å². The minimum absolute atomic E-state index is 0.0937. The van der Waals surface area contributed by atoms with Crippen LogP contribution in [-0.2, 0) is 0 Å². The zero-order valence-corrected chi connectivity index (χ0v) is 9.56. The Bertz CT molecular complexity index is 389. The molecule has 0 aliphatic rings. The van der Waals surface area contributed by atoms with Gasteiger partial charge in [0.2, 0.25) is 5.56 Å². The molecule has 0 radical (unpaired) electrons. The lowest BCUT2D eigenvalue weighted by Crippen LogP contribution is -2.35. The van der Waals surface area contributed by atoms with Crippen molar-refractivity contribution in [3.8, 4) is 0 Å². The standard InChI is InChI=1S/C10H14N2O2S/c1-7(6-15-2)11-10(14)8-4-3-5-9(13)12-8/h3-5,7H,6H2,1-2H3,(H,11,14)(H,12,13). The van der Waals surface area contributed by atoms with Gasteiger partial charge in [0.05, 0.1) is 0 Å². The maximum Gasteiger partial charge on any atom is 0.268 e. The Morgan fingerprint density at radius 3 is 2.93 bits per heavy atom. The molecule has 1 rings (SSSR count). The number of carbonyl (C=O) groups is 1. The highest BCUT2D eigenvalue weighted by Gasteiger charge is 2.09. The topological polar surface area (TPSA) is 62.0 Å². The zero-order valence-electron chi connectivity index (χ0n) is 8.74. The Kier molecular flexibility index (Phi) is 4.42. The van der Waals surface area contributed by atoms with Crippen molar-refractivity contribution >= 4 is 17.7 Å². The van der Waals surface area contributed by atoms with Crippen LogP contribution < -0.4 is 10.9 Å². The second kappa shape index (κ2) is 5.60. The maximum atomic E-state index is 11.6. The first-order chi connectivity index (χ1) is 7.13. The lowest BCUT2D eigenvalue weighted by atomic mass is 10.3. The molecule has 1 amide bonds. The first-order valence-electron chi connectivity index (χ1n) is 4.62. The van der Waals surface area contributed by atoms with E-state index in [0.717, 1.165) is 5.75 Å². The van der Waals surface area contributed by atoms with Gasteiger partial charge >= 0.3 is 0 Å². The molecule has 2 N–H and O–H groups in total. The fourth-order valence-corrected chi connectivity index (χ4v) is 1.76. The van der Waals surface area contributed by atoms with Crippen molar-refractivity contribution in [3.05, 3.63) is 34.2 Å². The van der Waals surface area contributed by atoms with Crippen LogP contribution >= 0.6 is 11.8 Å². The van der Waals surface area contributed by atoms with Gasteiger partial charge in [-0.05, 0) is 19.2 Å². The van der Waals surface area contributed by atoms with E-state index < -0.39 is 0 Å². The number of nitrogens with one attached hydrogen (secondary N) is 2. The average Bonchev–Trinajstić information content (AvgIpc) is 2.18. The monoisotopic (exact) mass is 226 g/mol. The van der Waals surface area contributed by atoms with Crippen molar-refractivity contribution in [2.45, 2.75) is 13.0 Å². The molecule has 1 unspecified atom stereocenters. The zero-order chi connectivity index (χ0) is 11.3. The molecule has 0 saturated heterocycles. The summed E-state index contributed by atoms with van der Waals surface area (Å²) in [5.74, 6) is 0.609. The summed E-state index contributed by atoms with van der Waals surface area (Å²) >= 11 is 1.66. The third kappa shape index (κ3) is 3.79. The summed E-state index contributed by atoms with van der Waals surface area (Å²) in [4.78, 5) is 25.0. The molecule has 4 nitrogen and oxygen atoms in total. The quantitative estimate of drug-likeness (QED) is 0.800. The van der Waals surface area contributed by atoms with Crippen LogP contribution in [0.2, 0.25) is 0 Å². The van der Waals surface area contributed by atoms with Crippen LogP contribution in [0, 0.1) is 0 Å². The van der Waals surface area contributed by atoms with Crippen molar-refractivity contribution in [2.75, 3.05) is 12.0 Å². The van der Waals surface area contributed by atoms with Crippen LogP contribution in [0.25, 0.3) is 0 Å². The van der Waals surface area contributed by atoms with Crippen LogP contribution in [0.3, 0.4) is 0 Å². The van der Waals surface area contributed by atoms with Gasteiger partial charge in [0.1, 0.15) is 5.69 Å². The van der Waals surface area contributed by atoms with E-state index in [1.807, 2.05) is 13.2 Å². The fourth-order valence-electron chi connectivity index (χ4n) is 1.17. The van der Waals surface area contributed by atoms with Gasteiger partial charge in [-0.1, -0.05) is 6.07 Å². The number of pyridine rings is 1. The number of hydrogen-bond acceptors (Lipinski definition) is 3. The Hall–Kier alpha value is -1.23. The van der Waals surface area contributed by atoms with E-state index in [2.05, 4.69) is 10.3 Å². The second-order valence-corrected chi connectivity index (χ2v) is 4.17. The summed E-state index contributed by atoms with van der Waals surface area (Å²) in [5.41, 5.74) is 0.0376. The molecule has 0 spiro atoms. The van der Waals surface area contributed by atoms with Crippen LogP contribution in [0.1, 0.15) is 17.4 Å². The summed E-state index contributed by atoms with van der Waals surface area (Å²) in [6, 6.07) is 4.62. The molecule has 1 atom stereocenters. The van der Waals surface area contributed by atoms with Crippen molar-refractivity contribution in [2.24, 2.45) is 0 Å². The molecule has 1 heterocycles. The molecular formula is C10H14N2O2S. The van der Waals surface area contributed by atoms with Gasteiger partial charge in [-0.3, -0.25) is 9.59 Å². The van der Waals surface area contributed by atoms with Crippen LogP contribution in [0.4, 0.5) is 0 Å². The highest BCUT2D eigenvalue weighted by atomic mass is 32.2. The minimum atomic E-state index is -0.264. The molecule has 1 aromatic rings. The molecule has 0 fully saturated rings.